The molecule has 0 aromatic carbocycles. The van der Waals surface area contributed by atoms with Crippen molar-refractivity contribution in [2.75, 3.05) is 32.6 Å². The molecule has 1 atom stereocenters. The standard InChI is InChI=1S/C10H21NO4S/c1-10(12,5-7-15-2)9-11-6-3-4-8-16(11,13)14/h12H,3-9H2,1-2H3. The van der Waals surface area contributed by atoms with Crippen LogP contribution in [0.25, 0.3) is 0 Å². The van der Waals surface area contributed by atoms with Crippen LogP contribution in [0, 0.1) is 0 Å². The zero-order chi connectivity index (χ0) is 12.2. The average molecular weight is 251 g/mol. The van der Waals surface area contributed by atoms with E-state index < -0.39 is 15.6 Å². The quantitative estimate of drug-likeness (QED) is 0.758. The molecule has 0 spiro atoms. The molecule has 16 heavy (non-hydrogen) atoms. The first-order valence-corrected chi connectivity index (χ1v) is 7.17. The zero-order valence-corrected chi connectivity index (χ0v) is 10.8. The van der Waals surface area contributed by atoms with E-state index in [1.807, 2.05) is 0 Å². The molecule has 1 aliphatic heterocycles. The van der Waals surface area contributed by atoms with Crippen molar-refractivity contribution in [2.24, 2.45) is 0 Å². The maximum Gasteiger partial charge on any atom is 0.214 e. The number of aliphatic hydroxyl groups is 1. The Hall–Kier alpha value is -0.170. The van der Waals surface area contributed by atoms with Gasteiger partial charge in [0.05, 0.1) is 11.4 Å². The lowest BCUT2D eigenvalue weighted by molar-refractivity contribution is 0.00942. The number of hydrogen-bond acceptors (Lipinski definition) is 4. The van der Waals surface area contributed by atoms with Crippen LogP contribution in [0.5, 0.6) is 0 Å². The Morgan fingerprint density at radius 3 is 2.69 bits per heavy atom. The highest BCUT2D eigenvalue weighted by Crippen LogP contribution is 2.19. The van der Waals surface area contributed by atoms with Crippen molar-refractivity contribution in [2.45, 2.75) is 31.8 Å². The molecule has 1 N–H and O–H groups in total. The predicted octanol–water partition coefficient (Wildman–Crippen LogP) is 0.200. The summed E-state index contributed by atoms with van der Waals surface area (Å²) in [6.07, 6.45) is 2.04. The molecule has 0 aliphatic carbocycles. The monoisotopic (exact) mass is 251 g/mol. The van der Waals surface area contributed by atoms with Crippen molar-refractivity contribution in [3.63, 3.8) is 0 Å². The van der Waals surface area contributed by atoms with E-state index in [1.165, 1.54) is 4.31 Å². The highest BCUT2D eigenvalue weighted by Gasteiger charge is 2.32. The molecular weight excluding hydrogens is 230 g/mol. The van der Waals surface area contributed by atoms with Crippen molar-refractivity contribution in [3.8, 4) is 0 Å². The van der Waals surface area contributed by atoms with Crippen molar-refractivity contribution < 1.29 is 18.3 Å². The molecule has 0 bridgehead atoms. The number of nitrogens with zero attached hydrogens (tertiary/aromatic N) is 1. The highest BCUT2D eigenvalue weighted by atomic mass is 32.2. The first kappa shape index (κ1) is 13.9. The van der Waals surface area contributed by atoms with Crippen LogP contribution >= 0.6 is 0 Å². The Kier molecular flexibility index (Phi) is 4.73. The summed E-state index contributed by atoms with van der Waals surface area (Å²) in [5.41, 5.74) is -1.01. The Morgan fingerprint density at radius 1 is 1.44 bits per heavy atom. The smallest absolute Gasteiger partial charge is 0.214 e. The third-order valence-electron chi connectivity index (χ3n) is 2.81. The fourth-order valence-electron chi connectivity index (χ4n) is 1.80. The lowest BCUT2D eigenvalue weighted by Crippen LogP contribution is -2.47. The molecule has 1 unspecified atom stereocenters. The summed E-state index contributed by atoms with van der Waals surface area (Å²) in [6.45, 7) is 2.77. The average Bonchev–Trinajstić information content (AvgIpc) is 2.18. The lowest BCUT2D eigenvalue weighted by atomic mass is 10.0. The third-order valence-corrected chi connectivity index (χ3v) is 4.72. The van der Waals surface area contributed by atoms with Gasteiger partial charge in [-0.15, -0.1) is 0 Å². The van der Waals surface area contributed by atoms with Gasteiger partial charge in [-0.1, -0.05) is 0 Å². The van der Waals surface area contributed by atoms with Crippen LogP contribution in [0.4, 0.5) is 0 Å². The number of ether oxygens (including phenoxy) is 1. The van der Waals surface area contributed by atoms with Crippen LogP contribution in [-0.4, -0.2) is 56.0 Å². The molecule has 5 nitrogen and oxygen atoms in total. The van der Waals surface area contributed by atoms with E-state index in [0.29, 0.717) is 19.6 Å². The SMILES string of the molecule is COCCC(C)(O)CN1CCCCS1(=O)=O. The molecular formula is C10H21NO4S. The first-order valence-electron chi connectivity index (χ1n) is 5.56. The Labute approximate surface area is 97.4 Å². The molecule has 0 aromatic rings. The molecule has 0 amide bonds. The van der Waals surface area contributed by atoms with Crippen LogP contribution in [-0.2, 0) is 14.8 Å². The fraction of sp³-hybridized carbons (Fsp3) is 1.00. The van der Waals surface area contributed by atoms with Crippen LogP contribution in [0.3, 0.4) is 0 Å². The fourth-order valence-corrected chi connectivity index (χ4v) is 3.51. The number of rotatable bonds is 5. The van der Waals surface area contributed by atoms with Crippen LogP contribution in [0.2, 0.25) is 0 Å². The summed E-state index contributed by atoms with van der Waals surface area (Å²) >= 11 is 0. The van der Waals surface area contributed by atoms with Gasteiger partial charge < -0.3 is 9.84 Å². The molecule has 1 heterocycles. The van der Waals surface area contributed by atoms with E-state index >= 15 is 0 Å². The zero-order valence-electron chi connectivity index (χ0n) is 9.98. The van der Waals surface area contributed by atoms with Gasteiger partial charge >= 0.3 is 0 Å². The van der Waals surface area contributed by atoms with Gasteiger partial charge in [-0.3, -0.25) is 0 Å². The molecule has 1 aliphatic rings. The van der Waals surface area contributed by atoms with E-state index in [-0.39, 0.29) is 12.3 Å². The minimum absolute atomic E-state index is 0.165. The highest BCUT2D eigenvalue weighted by molar-refractivity contribution is 7.89. The summed E-state index contributed by atoms with van der Waals surface area (Å²) in [6, 6.07) is 0. The predicted molar refractivity (Wildman–Crippen MR) is 61.7 cm³/mol. The van der Waals surface area contributed by atoms with E-state index in [1.54, 1.807) is 14.0 Å². The maximum atomic E-state index is 11.7. The minimum Gasteiger partial charge on any atom is -0.389 e. The Balaban J connectivity index is 2.57. The van der Waals surface area contributed by atoms with Crippen molar-refractivity contribution >= 4 is 10.0 Å². The van der Waals surface area contributed by atoms with Gasteiger partial charge in [-0.2, -0.15) is 4.31 Å². The van der Waals surface area contributed by atoms with Gasteiger partial charge in [0.1, 0.15) is 0 Å². The van der Waals surface area contributed by atoms with Crippen LogP contribution in [0.1, 0.15) is 26.2 Å². The number of hydrogen-bond donors (Lipinski definition) is 1. The maximum absolute atomic E-state index is 11.7. The Bertz CT molecular complexity index is 313. The molecule has 1 saturated heterocycles. The Morgan fingerprint density at radius 2 is 2.12 bits per heavy atom. The number of β-amino-alcohol motifs (C(OH)–C–C–N with tert-alkyl or cyclic N) is 1. The normalized spacial score (nSPS) is 25.2. The van der Waals surface area contributed by atoms with Gasteiger partial charge in [0.2, 0.25) is 10.0 Å². The summed E-state index contributed by atoms with van der Waals surface area (Å²) in [7, 11) is -1.59. The van der Waals surface area contributed by atoms with Gasteiger partial charge in [0.25, 0.3) is 0 Å². The van der Waals surface area contributed by atoms with Gasteiger partial charge in [0, 0.05) is 33.2 Å². The second-order valence-electron chi connectivity index (χ2n) is 4.60. The van der Waals surface area contributed by atoms with E-state index in [2.05, 4.69) is 0 Å². The van der Waals surface area contributed by atoms with Crippen LogP contribution in [0.15, 0.2) is 0 Å². The molecule has 96 valence electrons. The number of methoxy groups -OCH3 is 1. The summed E-state index contributed by atoms with van der Waals surface area (Å²) in [4.78, 5) is 0. The summed E-state index contributed by atoms with van der Waals surface area (Å²) in [5.74, 6) is 0.202. The van der Waals surface area contributed by atoms with Gasteiger partial charge in [0.15, 0.2) is 0 Å². The van der Waals surface area contributed by atoms with E-state index in [9.17, 15) is 13.5 Å². The van der Waals surface area contributed by atoms with Crippen molar-refractivity contribution in [3.05, 3.63) is 0 Å². The lowest BCUT2D eigenvalue weighted by Gasteiger charge is -2.33. The van der Waals surface area contributed by atoms with Gasteiger partial charge in [-0.25, -0.2) is 8.42 Å². The molecule has 1 fully saturated rings. The summed E-state index contributed by atoms with van der Waals surface area (Å²) in [5, 5.41) is 10.0. The van der Waals surface area contributed by atoms with Crippen molar-refractivity contribution in [1.82, 2.24) is 4.31 Å². The summed E-state index contributed by atoms with van der Waals surface area (Å²) < 4.78 is 29.7. The second kappa shape index (κ2) is 5.44. The van der Waals surface area contributed by atoms with Crippen molar-refractivity contribution in [1.29, 1.82) is 0 Å². The molecule has 1 rings (SSSR count). The first-order chi connectivity index (χ1) is 7.37. The molecule has 0 saturated carbocycles. The van der Waals surface area contributed by atoms with E-state index in [0.717, 1.165) is 12.8 Å². The largest absolute Gasteiger partial charge is 0.389 e. The van der Waals surface area contributed by atoms with Gasteiger partial charge in [-0.05, 0) is 19.8 Å². The molecule has 0 aromatic heterocycles. The molecule has 6 heteroatoms. The number of sulfonamides is 1. The topological polar surface area (TPSA) is 66.8 Å². The van der Waals surface area contributed by atoms with E-state index in [4.69, 9.17) is 4.74 Å². The second-order valence-corrected chi connectivity index (χ2v) is 6.68. The molecule has 0 radical (unpaired) electrons. The van der Waals surface area contributed by atoms with Crippen LogP contribution < -0.4 is 0 Å². The minimum atomic E-state index is -3.15. The third kappa shape index (κ3) is 4.01.